The second-order valence-electron chi connectivity index (χ2n) is 2.74. The van der Waals surface area contributed by atoms with E-state index in [-0.39, 0.29) is 5.17 Å². The molecule has 0 rings (SSSR count). The van der Waals surface area contributed by atoms with E-state index in [1.54, 1.807) is 0 Å². The van der Waals surface area contributed by atoms with Crippen LogP contribution in [0.4, 0.5) is 0 Å². The van der Waals surface area contributed by atoms with Gasteiger partial charge in [-0.1, -0.05) is 46.6 Å². The molecule has 0 radical (unpaired) electrons. The van der Waals surface area contributed by atoms with Gasteiger partial charge in [0.2, 0.25) is 3.79 Å². The monoisotopic (exact) mass is 279 g/mol. The Kier molecular flexibility index (Phi) is 6.52. The summed E-state index contributed by atoms with van der Waals surface area (Å²) < 4.78 is -1.84. The average Bonchev–Trinajstić information content (AvgIpc) is 1.99. The molecule has 0 heterocycles. The topological polar surface area (TPSA) is 61.8 Å². The lowest BCUT2D eigenvalue weighted by Gasteiger charge is -2.15. The minimum atomic E-state index is -1.84. The van der Waals surface area contributed by atoms with Gasteiger partial charge in [-0.2, -0.15) is 0 Å². The van der Waals surface area contributed by atoms with Gasteiger partial charge < -0.3 is 10.8 Å². The maximum atomic E-state index is 9.23. The van der Waals surface area contributed by atoms with E-state index in [0.29, 0.717) is 5.88 Å². The Hall–Kier alpha value is 0.610. The molecule has 0 saturated carbocycles. The summed E-state index contributed by atoms with van der Waals surface area (Å²) in [6, 6.07) is 0. The standard InChI is InChI=1S/C6H12Cl3N3OS/c1-12(2)3-14-5(10)11-4(13)6(7,8)9/h4,13H,3H2,1-2H3,(H2,10,11). The van der Waals surface area contributed by atoms with E-state index < -0.39 is 10.0 Å². The number of aliphatic imine (C=N–C) groups is 1. The lowest BCUT2D eigenvalue weighted by molar-refractivity contribution is 0.189. The molecule has 0 spiro atoms. The van der Waals surface area contributed by atoms with Crippen LogP contribution in [0.15, 0.2) is 4.99 Å². The molecule has 0 saturated heterocycles. The molecule has 0 aromatic heterocycles. The number of rotatable bonds is 3. The van der Waals surface area contributed by atoms with Crippen LogP contribution in [-0.4, -0.2) is 45.2 Å². The van der Waals surface area contributed by atoms with Crippen LogP contribution in [0, 0.1) is 0 Å². The molecule has 4 nitrogen and oxygen atoms in total. The molecule has 0 aromatic rings. The Bertz CT molecular complexity index is 207. The Morgan fingerprint density at radius 1 is 1.57 bits per heavy atom. The fourth-order valence-electron chi connectivity index (χ4n) is 0.426. The molecule has 0 bridgehead atoms. The van der Waals surface area contributed by atoms with Crippen molar-refractivity contribution in [2.45, 2.75) is 10.0 Å². The number of aliphatic hydroxyl groups excluding tert-OH is 1. The van der Waals surface area contributed by atoms with E-state index in [0.717, 1.165) is 0 Å². The first-order chi connectivity index (χ1) is 6.23. The Morgan fingerprint density at radius 3 is 2.43 bits per heavy atom. The van der Waals surface area contributed by atoms with Crippen molar-refractivity contribution < 1.29 is 5.11 Å². The van der Waals surface area contributed by atoms with Crippen molar-refractivity contribution in [2.24, 2.45) is 10.7 Å². The first-order valence-electron chi connectivity index (χ1n) is 3.59. The van der Waals surface area contributed by atoms with Crippen LogP contribution in [0.1, 0.15) is 0 Å². The Balaban J connectivity index is 4.10. The molecule has 1 atom stereocenters. The highest BCUT2D eigenvalue weighted by Crippen LogP contribution is 2.31. The van der Waals surface area contributed by atoms with E-state index in [9.17, 15) is 5.11 Å². The van der Waals surface area contributed by atoms with Crippen molar-refractivity contribution in [1.29, 1.82) is 0 Å². The van der Waals surface area contributed by atoms with Crippen LogP contribution in [0.3, 0.4) is 0 Å². The van der Waals surface area contributed by atoms with Crippen molar-refractivity contribution in [3.63, 3.8) is 0 Å². The molecule has 14 heavy (non-hydrogen) atoms. The fraction of sp³-hybridized carbons (Fsp3) is 0.833. The van der Waals surface area contributed by atoms with Crippen molar-refractivity contribution in [2.75, 3.05) is 20.0 Å². The number of thioether (sulfide) groups is 1. The predicted molar refractivity (Wildman–Crippen MR) is 64.1 cm³/mol. The van der Waals surface area contributed by atoms with Gasteiger partial charge in [0, 0.05) is 0 Å². The second kappa shape index (κ2) is 6.25. The summed E-state index contributed by atoms with van der Waals surface area (Å²) in [5, 5.41) is 9.41. The summed E-state index contributed by atoms with van der Waals surface area (Å²) in [6.45, 7) is 0. The SMILES string of the molecule is CN(C)CS/C(N)=N/C(O)C(Cl)(Cl)Cl. The summed E-state index contributed by atoms with van der Waals surface area (Å²) >= 11 is 17.4. The molecule has 84 valence electrons. The zero-order chi connectivity index (χ0) is 11.4. The number of aliphatic hydroxyl groups is 1. The number of nitrogens with two attached hydrogens (primary N) is 1. The lowest BCUT2D eigenvalue weighted by Crippen LogP contribution is -2.26. The number of nitrogens with zero attached hydrogens (tertiary/aromatic N) is 2. The van der Waals surface area contributed by atoms with Gasteiger partial charge in [-0.05, 0) is 14.1 Å². The van der Waals surface area contributed by atoms with Crippen LogP contribution >= 0.6 is 46.6 Å². The quantitative estimate of drug-likeness (QED) is 0.353. The zero-order valence-electron chi connectivity index (χ0n) is 7.75. The van der Waals surface area contributed by atoms with Gasteiger partial charge in [-0.25, -0.2) is 4.99 Å². The summed E-state index contributed by atoms with van der Waals surface area (Å²) in [5.74, 6) is 0.641. The van der Waals surface area contributed by atoms with Crippen LogP contribution in [0.5, 0.6) is 0 Å². The van der Waals surface area contributed by atoms with E-state index in [1.165, 1.54) is 11.8 Å². The first-order valence-corrected chi connectivity index (χ1v) is 5.71. The van der Waals surface area contributed by atoms with Crippen LogP contribution < -0.4 is 5.73 Å². The molecule has 0 aliphatic heterocycles. The van der Waals surface area contributed by atoms with E-state index in [4.69, 9.17) is 40.5 Å². The molecule has 8 heteroatoms. The molecule has 0 amide bonds. The molecule has 0 fully saturated rings. The molecule has 0 aromatic carbocycles. The van der Waals surface area contributed by atoms with Crippen molar-refractivity contribution in [1.82, 2.24) is 4.90 Å². The number of halogens is 3. The van der Waals surface area contributed by atoms with Crippen molar-refractivity contribution in [3.05, 3.63) is 0 Å². The Labute approximate surface area is 102 Å². The minimum absolute atomic E-state index is 0.178. The third kappa shape index (κ3) is 6.98. The first kappa shape index (κ1) is 14.6. The summed E-state index contributed by atoms with van der Waals surface area (Å²) in [6.07, 6.45) is -1.44. The van der Waals surface area contributed by atoms with Crippen LogP contribution in [0.25, 0.3) is 0 Å². The van der Waals surface area contributed by atoms with Gasteiger partial charge in [0.15, 0.2) is 11.4 Å². The third-order valence-corrected chi connectivity index (χ3v) is 2.65. The third-order valence-electron chi connectivity index (χ3n) is 1.01. The van der Waals surface area contributed by atoms with Gasteiger partial charge in [0.05, 0.1) is 5.88 Å². The summed E-state index contributed by atoms with van der Waals surface area (Å²) in [4.78, 5) is 5.51. The van der Waals surface area contributed by atoms with Gasteiger partial charge in [-0.15, -0.1) is 0 Å². The highest BCUT2D eigenvalue weighted by molar-refractivity contribution is 8.13. The minimum Gasteiger partial charge on any atom is -0.378 e. The van der Waals surface area contributed by atoms with Crippen molar-refractivity contribution >= 4 is 51.7 Å². The van der Waals surface area contributed by atoms with E-state index in [1.807, 2.05) is 19.0 Å². The largest absolute Gasteiger partial charge is 0.378 e. The van der Waals surface area contributed by atoms with Gasteiger partial charge in [-0.3, -0.25) is 4.90 Å². The van der Waals surface area contributed by atoms with Crippen LogP contribution in [0.2, 0.25) is 0 Å². The highest BCUT2D eigenvalue weighted by Gasteiger charge is 2.30. The van der Waals surface area contributed by atoms with E-state index >= 15 is 0 Å². The highest BCUT2D eigenvalue weighted by atomic mass is 35.6. The lowest BCUT2D eigenvalue weighted by atomic mass is 10.7. The Morgan fingerprint density at radius 2 is 2.07 bits per heavy atom. The maximum Gasteiger partial charge on any atom is 0.236 e. The summed E-state index contributed by atoms with van der Waals surface area (Å²) in [7, 11) is 3.76. The normalized spacial score (nSPS) is 16.1. The van der Waals surface area contributed by atoms with Gasteiger partial charge in [0.1, 0.15) is 0 Å². The van der Waals surface area contributed by atoms with Gasteiger partial charge >= 0.3 is 0 Å². The van der Waals surface area contributed by atoms with Crippen LogP contribution in [-0.2, 0) is 0 Å². The smallest absolute Gasteiger partial charge is 0.236 e. The van der Waals surface area contributed by atoms with Crippen molar-refractivity contribution in [3.8, 4) is 0 Å². The molecule has 0 aliphatic rings. The van der Waals surface area contributed by atoms with E-state index in [2.05, 4.69) is 4.99 Å². The molecule has 0 aliphatic carbocycles. The number of alkyl halides is 3. The maximum absolute atomic E-state index is 9.23. The molecule has 1 unspecified atom stereocenters. The molecular weight excluding hydrogens is 269 g/mol. The van der Waals surface area contributed by atoms with Gasteiger partial charge in [0.25, 0.3) is 0 Å². The average molecular weight is 281 g/mol. The summed E-state index contributed by atoms with van der Waals surface area (Å²) in [5.41, 5.74) is 5.47. The number of amidine groups is 1. The molecular formula is C6H12Cl3N3OS. The predicted octanol–water partition coefficient (Wildman–Crippen LogP) is 1.24. The fourth-order valence-corrected chi connectivity index (χ4v) is 1.14. The number of hydrogen-bond donors (Lipinski definition) is 2. The zero-order valence-corrected chi connectivity index (χ0v) is 10.8. The second-order valence-corrected chi connectivity index (χ2v) is 6.07. The molecule has 3 N–H and O–H groups in total. The number of hydrogen-bond acceptors (Lipinski definition) is 4.